The molecule has 0 unspecified atom stereocenters. The summed E-state index contributed by atoms with van der Waals surface area (Å²) >= 11 is 1.56. The molecule has 0 aliphatic heterocycles. The summed E-state index contributed by atoms with van der Waals surface area (Å²) in [5, 5.41) is 3.69. The fourth-order valence-electron chi connectivity index (χ4n) is 2.39. The number of aromatic nitrogens is 2. The molecule has 0 bridgehead atoms. The average Bonchev–Trinajstić information content (AvgIpc) is 2.59. The summed E-state index contributed by atoms with van der Waals surface area (Å²) in [6.07, 6.45) is 3.15. The molecule has 1 heterocycles. The molecule has 134 valence electrons. The van der Waals surface area contributed by atoms with E-state index in [0.29, 0.717) is 13.0 Å². The molecule has 1 N–H and O–H groups in total. The molecule has 1 aromatic heterocycles. The zero-order chi connectivity index (χ0) is 18.1. The minimum Gasteiger partial charge on any atom is -0.356 e. The van der Waals surface area contributed by atoms with E-state index in [1.807, 2.05) is 25.1 Å². The van der Waals surface area contributed by atoms with Gasteiger partial charge in [0.05, 0.1) is 0 Å². The number of nitrogens with one attached hydrogen (secondary N) is 1. The first-order valence-electron chi connectivity index (χ1n) is 8.54. The van der Waals surface area contributed by atoms with Crippen molar-refractivity contribution in [1.29, 1.82) is 0 Å². The average molecular weight is 359 g/mol. The van der Waals surface area contributed by atoms with Crippen molar-refractivity contribution in [1.82, 2.24) is 14.9 Å². The van der Waals surface area contributed by atoms with Gasteiger partial charge in [0.2, 0.25) is 5.91 Å². The minimum absolute atomic E-state index is 0.0345. The van der Waals surface area contributed by atoms with E-state index >= 15 is 0 Å². The van der Waals surface area contributed by atoms with E-state index in [9.17, 15) is 9.59 Å². The van der Waals surface area contributed by atoms with Crippen molar-refractivity contribution in [3.63, 3.8) is 0 Å². The van der Waals surface area contributed by atoms with Gasteiger partial charge in [0, 0.05) is 37.5 Å². The lowest BCUT2D eigenvalue weighted by Gasteiger charge is -2.07. The minimum atomic E-state index is -0.0345. The maximum Gasteiger partial charge on any atom is 0.254 e. The number of carbonyl (C=O) groups is 1. The first-order chi connectivity index (χ1) is 12.1. The number of benzene rings is 1. The van der Waals surface area contributed by atoms with Crippen LogP contribution in [0, 0.1) is 6.92 Å². The van der Waals surface area contributed by atoms with Crippen LogP contribution in [0.2, 0.25) is 0 Å². The predicted molar refractivity (Wildman–Crippen MR) is 102 cm³/mol. The van der Waals surface area contributed by atoms with Crippen molar-refractivity contribution in [2.24, 2.45) is 7.05 Å². The zero-order valence-electron chi connectivity index (χ0n) is 14.8. The first-order valence-corrected chi connectivity index (χ1v) is 9.53. The van der Waals surface area contributed by atoms with Crippen molar-refractivity contribution >= 4 is 17.7 Å². The normalized spacial score (nSPS) is 10.6. The molecule has 0 spiro atoms. The highest BCUT2D eigenvalue weighted by atomic mass is 32.2. The number of nitrogens with zero attached hydrogens (tertiary/aromatic N) is 2. The highest BCUT2D eigenvalue weighted by Gasteiger charge is 2.05. The van der Waals surface area contributed by atoms with Gasteiger partial charge in [-0.3, -0.25) is 14.2 Å². The summed E-state index contributed by atoms with van der Waals surface area (Å²) in [5.41, 5.74) is 1.94. The molecule has 0 aliphatic rings. The summed E-state index contributed by atoms with van der Waals surface area (Å²) < 4.78 is 1.56. The zero-order valence-corrected chi connectivity index (χ0v) is 15.6. The maximum atomic E-state index is 11.8. The van der Waals surface area contributed by atoms with Crippen LogP contribution in [-0.4, -0.2) is 27.8 Å². The summed E-state index contributed by atoms with van der Waals surface area (Å²) in [5.74, 6) is 0.947. The van der Waals surface area contributed by atoms with Gasteiger partial charge in [-0.1, -0.05) is 42.1 Å². The van der Waals surface area contributed by atoms with E-state index in [0.717, 1.165) is 35.9 Å². The Morgan fingerprint density at radius 1 is 1.24 bits per heavy atom. The molecule has 0 saturated carbocycles. The molecule has 0 saturated heterocycles. The van der Waals surface area contributed by atoms with Crippen molar-refractivity contribution in [3.8, 4) is 0 Å². The number of unbranched alkanes of at least 4 members (excludes halogenated alkanes) is 1. The number of thioether (sulfide) groups is 1. The molecule has 6 heteroatoms. The molecule has 25 heavy (non-hydrogen) atoms. The van der Waals surface area contributed by atoms with E-state index in [1.54, 1.807) is 23.4 Å². The predicted octanol–water partition coefficient (Wildman–Crippen LogP) is 2.71. The fraction of sp³-hybridized carbons (Fsp3) is 0.421. The highest BCUT2D eigenvalue weighted by molar-refractivity contribution is 7.99. The Balaban J connectivity index is 1.60. The first kappa shape index (κ1) is 19.2. The second-order valence-electron chi connectivity index (χ2n) is 5.97. The van der Waals surface area contributed by atoms with E-state index in [1.165, 1.54) is 11.6 Å². The molecule has 2 rings (SSSR count). The molecule has 0 aliphatic carbocycles. The number of aryl methyl sites for hydroxylation is 1. The van der Waals surface area contributed by atoms with Gasteiger partial charge >= 0.3 is 0 Å². The van der Waals surface area contributed by atoms with Crippen molar-refractivity contribution < 1.29 is 4.79 Å². The second-order valence-corrected chi connectivity index (χ2v) is 7.03. The third kappa shape index (κ3) is 6.74. The largest absolute Gasteiger partial charge is 0.356 e. The van der Waals surface area contributed by atoms with E-state index in [4.69, 9.17) is 0 Å². The number of carbonyl (C=O) groups excluding carboxylic acids is 1. The Hall–Kier alpha value is -2.08. The van der Waals surface area contributed by atoms with Crippen LogP contribution in [0.4, 0.5) is 0 Å². The van der Waals surface area contributed by atoms with Gasteiger partial charge < -0.3 is 5.32 Å². The standard InChI is InChI=1S/C19H25N3O2S/c1-15-14-18(24)22(2)19(21-15)25-13-7-6-10-17(23)20-12-11-16-8-4-3-5-9-16/h3-5,8-9,14H,6-7,10-13H2,1-2H3,(H,20,23). The lowest BCUT2D eigenvalue weighted by Crippen LogP contribution is -2.25. The lowest BCUT2D eigenvalue weighted by molar-refractivity contribution is -0.121. The van der Waals surface area contributed by atoms with Gasteiger partial charge in [-0.2, -0.15) is 0 Å². The van der Waals surface area contributed by atoms with Crippen molar-refractivity contribution in [2.75, 3.05) is 12.3 Å². The van der Waals surface area contributed by atoms with Crippen LogP contribution in [0.5, 0.6) is 0 Å². The molecule has 1 amide bonds. The summed E-state index contributed by atoms with van der Waals surface area (Å²) in [7, 11) is 1.73. The van der Waals surface area contributed by atoms with E-state index in [2.05, 4.69) is 22.4 Å². The Labute approximate surface area is 152 Å². The monoisotopic (exact) mass is 359 g/mol. The SMILES string of the molecule is Cc1cc(=O)n(C)c(SCCCCC(=O)NCCc2ccccc2)n1. The number of amides is 1. The van der Waals surface area contributed by atoms with Crippen molar-refractivity contribution in [2.45, 2.75) is 37.8 Å². The van der Waals surface area contributed by atoms with Crippen LogP contribution in [0.1, 0.15) is 30.5 Å². The third-order valence-electron chi connectivity index (χ3n) is 3.83. The Morgan fingerprint density at radius 3 is 2.76 bits per heavy atom. The second kappa shape index (κ2) is 10.0. The van der Waals surface area contributed by atoms with Crippen LogP contribution >= 0.6 is 11.8 Å². The molecule has 5 nitrogen and oxygen atoms in total. The molecular formula is C19H25N3O2S. The highest BCUT2D eigenvalue weighted by Crippen LogP contribution is 2.15. The topological polar surface area (TPSA) is 64.0 Å². The quantitative estimate of drug-likeness (QED) is 0.425. The molecule has 2 aromatic rings. The smallest absolute Gasteiger partial charge is 0.254 e. The molecule has 0 radical (unpaired) electrons. The van der Waals surface area contributed by atoms with E-state index in [-0.39, 0.29) is 11.5 Å². The molecule has 1 aromatic carbocycles. The van der Waals surface area contributed by atoms with Crippen LogP contribution < -0.4 is 10.9 Å². The number of hydrogen-bond acceptors (Lipinski definition) is 4. The van der Waals surface area contributed by atoms with Gasteiger partial charge in [0.1, 0.15) is 0 Å². The number of rotatable bonds is 9. The fourth-order valence-corrected chi connectivity index (χ4v) is 3.41. The molecule has 0 atom stereocenters. The number of hydrogen-bond donors (Lipinski definition) is 1. The summed E-state index contributed by atoms with van der Waals surface area (Å²) in [4.78, 5) is 27.9. The Bertz CT molecular complexity index is 744. The lowest BCUT2D eigenvalue weighted by atomic mass is 10.1. The maximum absolute atomic E-state index is 11.8. The van der Waals surface area contributed by atoms with Gasteiger partial charge in [0.25, 0.3) is 5.56 Å². The van der Waals surface area contributed by atoms with Gasteiger partial charge in [-0.05, 0) is 31.7 Å². The van der Waals surface area contributed by atoms with Gasteiger partial charge in [0.15, 0.2) is 5.16 Å². The van der Waals surface area contributed by atoms with Crippen LogP contribution in [0.3, 0.4) is 0 Å². The summed E-state index contributed by atoms with van der Waals surface area (Å²) in [6, 6.07) is 11.7. The van der Waals surface area contributed by atoms with Crippen molar-refractivity contribution in [3.05, 3.63) is 58.0 Å². The van der Waals surface area contributed by atoms with E-state index < -0.39 is 0 Å². The van der Waals surface area contributed by atoms with Crippen LogP contribution in [0.15, 0.2) is 46.3 Å². The van der Waals surface area contributed by atoms with Gasteiger partial charge in [-0.25, -0.2) is 4.98 Å². The third-order valence-corrected chi connectivity index (χ3v) is 4.95. The van der Waals surface area contributed by atoms with Crippen LogP contribution in [0.25, 0.3) is 0 Å². The summed E-state index contributed by atoms with van der Waals surface area (Å²) in [6.45, 7) is 2.50. The molecular weight excluding hydrogens is 334 g/mol. The van der Waals surface area contributed by atoms with Gasteiger partial charge in [-0.15, -0.1) is 0 Å². The van der Waals surface area contributed by atoms with Crippen LogP contribution in [-0.2, 0) is 18.3 Å². The molecule has 0 fully saturated rings. The Kier molecular flexibility index (Phi) is 7.73. The Morgan fingerprint density at radius 2 is 2.00 bits per heavy atom.